The van der Waals surface area contributed by atoms with Crippen LogP contribution in [0.2, 0.25) is 0 Å². The molecule has 0 aliphatic heterocycles. The number of nitrogens with zero attached hydrogens (tertiary/aromatic N) is 2. The standard InChI is InChI=1S/C18H14BrFN2O4/c1-2-26-18(23)17-16(19)14-9-13(22(24)25)7-8-15(14)21(17)10-11-3-5-12(20)6-4-11/h3-9H,2,10H2,1H3. The smallest absolute Gasteiger partial charge is 0.356 e. The molecule has 0 fully saturated rings. The zero-order valence-corrected chi connectivity index (χ0v) is 15.3. The van der Waals surface area contributed by atoms with Crippen molar-refractivity contribution in [2.45, 2.75) is 13.5 Å². The number of nitro benzene ring substituents is 1. The van der Waals surface area contributed by atoms with Gasteiger partial charge in [0.15, 0.2) is 0 Å². The number of carbonyl (C=O) groups excluding carboxylic acids is 1. The Morgan fingerprint density at radius 3 is 2.58 bits per heavy atom. The normalized spacial score (nSPS) is 10.9. The molecule has 1 aromatic heterocycles. The fourth-order valence-corrected chi connectivity index (χ4v) is 3.44. The maximum atomic E-state index is 13.2. The molecule has 1 heterocycles. The lowest BCUT2D eigenvalue weighted by molar-refractivity contribution is -0.384. The Kier molecular flexibility index (Phi) is 5.03. The predicted molar refractivity (Wildman–Crippen MR) is 97.8 cm³/mol. The monoisotopic (exact) mass is 420 g/mol. The van der Waals surface area contributed by atoms with Crippen LogP contribution in [0.5, 0.6) is 0 Å². The largest absolute Gasteiger partial charge is 0.461 e. The summed E-state index contributed by atoms with van der Waals surface area (Å²) in [4.78, 5) is 23.0. The Hall–Kier alpha value is -2.74. The Morgan fingerprint density at radius 2 is 1.96 bits per heavy atom. The molecule has 0 saturated carbocycles. The van der Waals surface area contributed by atoms with Crippen molar-refractivity contribution in [3.63, 3.8) is 0 Å². The zero-order chi connectivity index (χ0) is 18.8. The Morgan fingerprint density at radius 1 is 1.27 bits per heavy atom. The minimum Gasteiger partial charge on any atom is -0.461 e. The maximum absolute atomic E-state index is 13.2. The minimum absolute atomic E-state index is 0.0764. The van der Waals surface area contributed by atoms with Crippen molar-refractivity contribution in [2.75, 3.05) is 6.61 Å². The number of non-ortho nitro benzene ring substituents is 1. The third-order valence-corrected chi connectivity index (χ3v) is 4.72. The van der Waals surface area contributed by atoms with Gasteiger partial charge in [-0.25, -0.2) is 9.18 Å². The highest BCUT2D eigenvalue weighted by atomic mass is 79.9. The van der Waals surface area contributed by atoms with Gasteiger partial charge in [0.25, 0.3) is 5.69 Å². The lowest BCUT2D eigenvalue weighted by Gasteiger charge is -2.11. The summed E-state index contributed by atoms with van der Waals surface area (Å²) in [5, 5.41) is 11.6. The first-order chi connectivity index (χ1) is 12.4. The van der Waals surface area contributed by atoms with E-state index < -0.39 is 10.9 Å². The number of benzene rings is 2. The average molecular weight is 421 g/mol. The van der Waals surface area contributed by atoms with E-state index >= 15 is 0 Å². The Balaban J connectivity index is 2.20. The second-order valence-corrected chi connectivity index (χ2v) is 6.35. The van der Waals surface area contributed by atoms with Crippen molar-refractivity contribution >= 4 is 38.5 Å². The van der Waals surface area contributed by atoms with E-state index in [0.717, 1.165) is 5.56 Å². The summed E-state index contributed by atoms with van der Waals surface area (Å²) in [5.41, 5.74) is 1.59. The van der Waals surface area contributed by atoms with Gasteiger partial charge in [0.2, 0.25) is 0 Å². The maximum Gasteiger partial charge on any atom is 0.356 e. The fourth-order valence-electron chi connectivity index (χ4n) is 2.75. The van der Waals surface area contributed by atoms with Gasteiger partial charge >= 0.3 is 5.97 Å². The van der Waals surface area contributed by atoms with E-state index in [1.54, 1.807) is 29.7 Å². The topological polar surface area (TPSA) is 74.4 Å². The van der Waals surface area contributed by atoms with Crippen LogP contribution < -0.4 is 0 Å². The number of fused-ring (bicyclic) bond motifs is 1. The van der Waals surface area contributed by atoms with Gasteiger partial charge in [-0.2, -0.15) is 0 Å². The van der Waals surface area contributed by atoms with Gasteiger partial charge in [0.05, 0.1) is 21.5 Å². The van der Waals surface area contributed by atoms with Crippen LogP contribution in [0.4, 0.5) is 10.1 Å². The van der Waals surface area contributed by atoms with Crippen molar-refractivity contribution in [1.82, 2.24) is 4.57 Å². The number of esters is 1. The molecule has 0 atom stereocenters. The van der Waals surface area contributed by atoms with E-state index in [1.807, 2.05) is 0 Å². The van der Waals surface area contributed by atoms with Crippen LogP contribution in [-0.4, -0.2) is 22.1 Å². The Labute approximate surface area is 156 Å². The second kappa shape index (κ2) is 7.25. The number of hydrogen-bond acceptors (Lipinski definition) is 4. The van der Waals surface area contributed by atoms with Crippen LogP contribution in [0, 0.1) is 15.9 Å². The first kappa shape index (κ1) is 18.1. The third kappa shape index (κ3) is 3.32. The van der Waals surface area contributed by atoms with Crippen LogP contribution in [0.15, 0.2) is 46.9 Å². The lowest BCUT2D eigenvalue weighted by Crippen LogP contribution is -2.13. The highest BCUT2D eigenvalue weighted by Gasteiger charge is 2.24. The van der Waals surface area contributed by atoms with Gasteiger partial charge < -0.3 is 9.30 Å². The molecule has 3 rings (SSSR count). The molecule has 0 saturated heterocycles. The first-order valence-electron chi connectivity index (χ1n) is 7.80. The number of carbonyl (C=O) groups is 1. The summed E-state index contributed by atoms with van der Waals surface area (Å²) in [5.74, 6) is -0.895. The molecule has 0 spiro atoms. The van der Waals surface area contributed by atoms with E-state index in [2.05, 4.69) is 15.9 Å². The SMILES string of the molecule is CCOC(=O)c1c(Br)c2cc([N+](=O)[O-])ccc2n1Cc1ccc(F)cc1. The predicted octanol–water partition coefficient (Wildman–Crippen LogP) is 4.68. The van der Waals surface area contributed by atoms with Crippen molar-refractivity contribution in [1.29, 1.82) is 0 Å². The van der Waals surface area contributed by atoms with E-state index in [0.29, 0.717) is 15.4 Å². The van der Waals surface area contributed by atoms with Gasteiger partial charge in [-0.15, -0.1) is 0 Å². The van der Waals surface area contributed by atoms with Crippen molar-refractivity contribution in [3.05, 3.63) is 74.1 Å². The molecule has 0 radical (unpaired) electrons. The molecule has 3 aromatic rings. The molecule has 8 heteroatoms. The number of ether oxygens (including phenoxy) is 1. The molecule has 0 amide bonds. The minimum atomic E-state index is -0.541. The summed E-state index contributed by atoms with van der Waals surface area (Å²) in [6.07, 6.45) is 0. The molecule has 2 aromatic carbocycles. The van der Waals surface area contributed by atoms with Gasteiger partial charge in [0, 0.05) is 24.1 Å². The fraction of sp³-hybridized carbons (Fsp3) is 0.167. The van der Waals surface area contributed by atoms with Crippen LogP contribution >= 0.6 is 15.9 Å². The molecule has 0 aliphatic rings. The van der Waals surface area contributed by atoms with E-state index in [9.17, 15) is 19.3 Å². The van der Waals surface area contributed by atoms with Crippen molar-refractivity contribution in [2.24, 2.45) is 0 Å². The summed E-state index contributed by atoms with van der Waals surface area (Å²) in [6.45, 7) is 2.18. The molecular formula is C18H14BrFN2O4. The van der Waals surface area contributed by atoms with E-state index in [1.165, 1.54) is 24.3 Å². The van der Waals surface area contributed by atoms with Crippen LogP contribution in [-0.2, 0) is 11.3 Å². The van der Waals surface area contributed by atoms with Crippen LogP contribution in [0.3, 0.4) is 0 Å². The molecule has 134 valence electrons. The molecular weight excluding hydrogens is 407 g/mol. The quantitative estimate of drug-likeness (QED) is 0.341. The second-order valence-electron chi connectivity index (χ2n) is 5.55. The van der Waals surface area contributed by atoms with Gasteiger partial charge in [-0.1, -0.05) is 12.1 Å². The molecule has 0 bridgehead atoms. The van der Waals surface area contributed by atoms with Gasteiger partial charge in [-0.05, 0) is 46.6 Å². The van der Waals surface area contributed by atoms with E-state index in [4.69, 9.17) is 4.74 Å². The summed E-state index contributed by atoms with van der Waals surface area (Å²) < 4.78 is 20.4. The molecule has 26 heavy (non-hydrogen) atoms. The van der Waals surface area contributed by atoms with Gasteiger partial charge in [0.1, 0.15) is 11.5 Å². The lowest BCUT2D eigenvalue weighted by atomic mass is 10.2. The molecule has 0 aliphatic carbocycles. The highest BCUT2D eigenvalue weighted by molar-refractivity contribution is 9.10. The number of nitro groups is 1. The van der Waals surface area contributed by atoms with E-state index in [-0.39, 0.29) is 30.4 Å². The number of aromatic nitrogens is 1. The summed E-state index contributed by atoms with van der Waals surface area (Å²) in [7, 11) is 0. The van der Waals surface area contributed by atoms with Crippen LogP contribution in [0.25, 0.3) is 10.9 Å². The summed E-state index contributed by atoms with van der Waals surface area (Å²) in [6, 6.07) is 10.3. The number of halogens is 2. The molecule has 0 N–H and O–H groups in total. The molecule has 6 nitrogen and oxygen atoms in total. The number of rotatable bonds is 5. The van der Waals surface area contributed by atoms with Crippen molar-refractivity contribution in [3.8, 4) is 0 Å². The average Bonchev–Trinajstić information content (AvgIpc) is 2.89. The Bertz CT molecular complexity index is 999. The summed E-state index contributed by atoms with van der Waals surface area (Å²) >= 11 is 3.38. The third-order valence-electron chi connectivity index (χ3n) is 3.92. The van der Waals surface area contributed by atoms with Crippen LogP contribution in [0.1, 0.15) is 23.0 Å². The molecule has 0 unspecified atom stereocenters. The van der Waals surface area contributed by atoms with Crippen molar-refractivity contribution < 1.29 is 18.8 Å². The number of hydrogen-bond donors (Lipinski definition) is 0. The highest BCUT2D eigenvalue weighted by Crippen LogP contribution is 2.34. The zero-order valence-electron chi connectivity index (χ0n) is 13.7. The first-order valence-corrected chi connectivity index (χ1v) is 8.59. The van der Waals surface area contributed by atoms with Gasteiger partial charge in [-0.3, -0.25) is 10.1 Å².